The number of Topliss-reactive ketones (excluding diaryl/α,β-unsaturated/α-hetero) is 1. The number of aliphatic imine (C=N–C) groups is 1. The number of carbonyl (C=O) groups is 1. The second kappa shape index (κ2) is 10.2. The lowest BCUT2D eigenvalue weighted by atomic mass is 9.79. The normalized spacial score (nSPS) is 22.8. The summed E-state index contributed by atoms with van der Waals surface area (Å²) in [4.78, 5) is 21.1. The Morgan fingerprint density at radius 2 is 1.90 bits per heavy atom. The van der Waals surface area contributed by atoms with E-state index >= 15 is 0 Å². The topological polar surface area (TPSA) is 32.7 Å². The van der Waals surface area contributed by atoms with Crippen LogP contribution >= 0.6 is 0 Å². The Morgan fingerprint density at radius 1 is 1.17 bits per heavy atom. The molecule has 1 aromatic rings. The van der Waals surface area contributed by atoms with Crippen molar-refractivity contribution in [1.82, 2.24) is 4.90 Å². The molecular formula is C27H38N2O. The average Bonchev–Trinajstić information content (AvgIpc) is 3.04. The van der Waals surface area contributed by atoms with Crippen LogP contribution in [-0.4, -0.2) is 22.9 Å². The molecule has 0 bridgehead atoms. The van der Waals surface area contributed by atoms with E-state index in [0.29, 0.717) is 11.7 Å². The Bertz CT molecular complexity index is 821. The maximum absolute atomic E-state index is 13.7. The van der Waals surface area contributed by atoms with E-state index in [1.54, 1.807) is 0 Å². The molecule has 2 unspecified atom stereocenters. The van der Waals surface area contributed by atoms with Crippen molar-refractivity contribution in [2.24, 2.45) is 22.7 Å². The van der Waals surface area contributed by atoms with E-state index in [2.05, 4.69) is 69.5 Å². The van der Waals surface area contributed by atoms with Gasteiger partial charge in [0.1, 0.15) is 5.82 Å². The first-order valence-electron chi connectivity index (χ1n) is 11.9. The molecule has 3 nitrogen and oxygen atoms in total. The summed E-state index contributed by atoms with van der Waals surface area (Å²) in [5.41, 5.74) is 4.47. The van der Waals surface area contributed by atoms with Crippen LogP contribution in [-0.2, 0) is 11.2 Å². The fourth-order valence-corrected chi connectivity index (χ4v) is 5.06. The monoisotopic (exact) mass is 406 g/mol. The second-order valence-electron chi connectivity index (χ2n) is 8.83. The Kier molecular flexibility index (Phi) is 7.69. The zero-order valence-corrected chi connectivity index (χ0v) is 19.3. The molecule has 0 saturated heterocycles. The minimum absolute atomic E-state index is 0.0180. The Hall–Kier alpha value is -2.16. The summed E-state index contributed by atoms with van der Waals surface area (Å²) >= 11 is 0. The van der Waals surface area contributed by atoms with Gasteiger partial charge < -0.3 is 4.90 Å². The molecule has 2 aliphatic rings. The van der Waals surface area contributed by atoms with Crippen LogP contribution in [0.4, 0.5) is 0 Å². The minimum atomic E-state index is 0.0180. The summed E-state index contributed by atoms with van der Waals surface area (Å²) < 4.78 is 0. The molecule has 0 fully saturated rings. The van der Waals surface area contributed by atoms with E-state index < -0.39 is 0 Å². The van der Waals surface area contributed by atoms with Crippen LogP contribution in [0.1, 0.15) is 71.8 Å². The van der Waals surface area contributed by atoms with Crippen molar-refractivity contribution in [3.63, 3.8) is 0 Å². The van der Waals surface area contributed by atoms with Crippen LogP contribution in [0.25, 0.3) is 0 Å². The molecule has 2 aliphatic heterocycles. The summed E-state index contributed by atoms with van der Waals surface area (Å²) in [6.07, 6.45) is 7.01. The first-order chi connectivity index (χ1) is 14.5. The summed E-state index contributed by atoms with van der Waals surface area (Å²) in [5, 5.41) is 0. The predicted octanol–water partition coefficient (Wildman–Crippen LogP) is 6.56. The maximum Gasteiger partial charge on any atom is 0.166 e. The molecule has 162 valence electrons. The number of ketones is 1. The maximum atomic E-state index is 13.7. The number of hydrogen-bond donors (Lipinski definition) is 0. The van der Waals surface area contributed by atoms with E-state index in [1.807, 2.05) is 0 Å². The third-order valence-electron chi connectivity index (χ3n) is 6.86. The highest BCUT2D eigenvalue weighted by Gasteiger charge is 2.41. The van der Waals surface area contributed by atoms with Gasteiger partial charge in [-0.05, 0) is 44.1 Å². The molecule has 0 radical (unpaired) electrons. The molecular weight excluding hydrogens is 368 g/mol. The quantitative estimate of drug-likeness (QED) is 0.465. The Morgan fingerprint density at radius 3 is 2.50 bits per heavy atom. The molecule has 3 rings (SSSR count). The number of allylic oxidation sites excluding steroid dienone is 2. The van der Waals surface area contributed by atoms with E-state index in [9.17, 15) is 4.79 Å². The van der Waals surface area contributed by atoms with Crippen molar-refractivity contribution in [3.8, 4) is 0 Å². The van der Waals surface area contributed by atoms with Crippen LogP contribution in [0.5, 0.6) is 0 Å². The smallest absolute Gasteiger partial charge is 0.166 e. The lowest BCUT2D eigenvalue weighted by molar-refractivity contribution is -0.119. The van der Waals surface area contributed by atoms with Crippen molar-refractivity contribution >= 4 is 11.5 Å². The average molecular weight is 407 g/mol. The third kappa shape index (κ3) is 4.61. The lowest BCUT2D eigenvalue weighted by Gasteiger charge is -2.24. The van der Waals surface area contributed by atoms with Gasteiger partial charge in [-0.1, -0.05) is 76.9 Å². The molecule has 0 N–H and O–H groups in total. The van der Waals surface area contributed by atoms with Gasteiger partial charge in [-0.2, -0.15) is 0 Å². The lowest BCUT2D eigenvalue weighted by Crippen LogP contribution is -2.26. The van der Waals surface area contributed by atoms with E-state index in [1.165, 1.54) is 24.1 Å². The van der Waals surface area contributed by atoms with Crippen LogP contribution in [0.2, 0.25) is 0 Å². The van der Waals surface area contributed by atoms with Crippen molar-refractivity contribution in [1.29, 1.82) is 0 Å². The van der Waals surface area contributed by atoms with Crippen molar-refractivity contribution in [2.75, 3.05) is 6.54 Å². The van der Waals surface area contributed by atoms with Gasteiger partial charge >= 0.3 is 0 Å². The van der Waals surface area contributed by atoms with Crippen molar-refractivity contribution in [2.45, 2.75) is 72.6 Å². The standard InChI is InChI=1S/C27H38N2O/c1-6-13-20(7-2)18-24-23(17-21-14-11-10-12-15-21)25-26(30)22(8-3)16-19(5)29(9-4)27(25)28-24/h10-12,14-15,20,22-23H,5-9,13,16-18H2,1-4H3/t20-,22?,23?/m0/s1. The summed E-state index contributed by atoms with van der Waals surface area (Å²) in [6, 6.07) is 10.6. The summed E-state index contributed by atoms with van der Waals surface area (Å²) in [5.74, 6) is 1.93. The highest BCUT2D eigenvalue weighted by atomic mass is 16.1. The SMILES string of the molecule is C=C1CC(CC)C(=O)C2=C(N=C(C[C@@H](CC)CCC)C2Cc2ccccc2)N1CC. The fraction of sp³-hybridized carbons (Fsp3) is 0.556. The van der Waals surface area contributed by atoms with Gasteiger partial charge in [-0.3, -0.25) is 4.79 Å². The van der Waals surface area contributed by atoms with Gasteiger partial charge in [-0.15, -0.1) is 0 Å². The van der Waals surface area contributed by atoms with E-state index in [0.717, 1.165) is 55.7 Å². The molecule has 1 aromatic carbocycles. The van der Waals surface area contributed by atoms with Gasteiger partial charge in [0.15, 0.2) is 5.78 Å². The molecule has 0 aromatic heterocycles. The van der Waals surface area contributed by atoms with Crippen LogP contribution in [0.15, 0.2) is 59.0 Å². The first-order valence-corrected chi connectivity index (χ1v) is 11.9. The van der Waals surface area contributed by atoms with Crippen LogP contribution < -0.4 is 0 Å². The fourth-order valence-electron chi connectivity index (χ4n) is 5.06. The van der Waals surface area contributed by atoms with E-state index in [4.69, 9.17) is 4.99 Å². The van der Waals surface area contributed by atoms with Crippen molar-refractivity contribution in [3.05, 3.63) is 59.6 Å². The van der Waals surface area contributed by atoms with Gasteiger partial charge in [0.25, 0.3) is 0 Å². The Labute approximate surface area is 183 Å². The van der Waals surface area contributed by atoms with Gasteiger partial charge in [0.2, 0.25) is 0 Å². The number of nitrogens with zero attached hydrogens (tertiary/aromatic N) is 2. The molecule has 0 saturated carbocycles. The van der Waals surface area contributed by atoms with Crippen LogP contribution in [0, 0.1) is 17.8 Å². The third-order valence-corrected chi connectivity index (χ3v) is 6.86. The Balaban J connectivity index is 2.05. The van der Waals surface area contributed by atoms with E-state index in [-0.39, 0.29) is 11.8 Å². The summed E-state index contributed by atoms with van der Waals surface area (Å²) in [6.45, 7) is 13.9. The molecule has 3 atom stereocenters. The van der Waals surface area contributed by atoms with Crippen LogP contribution in [0.3, 0.4) is 0 Å². The molecule has 0 spiro atoms. The molecule has 3 heteroatoms. The largest absolute Gasteiger partial charge is 0.331 e. The molecule has 0 aliphatic carbocycles. The highest BCUT2D eigenvalue weighted by molar-refractivity contribution is 6.08. The van der Waals surface area contributed by atoms with Gasteiger partial charge in [0.05, 0.1) is 0 Å². The highest BCUT2D eigenvalue weighted by Crippen LogP contribution is 2.41. The molecule has 2 heterocycles. The summed E-state index contributed by atoms with van der Waals surface area (Å²) in [7, 11) is 0. The van der Waals surface area contributed by atoms with Gasteiger partial charge in [-0.25, -0.2) is 4.99 Å². The number of hydrogen-bond acceptors (Lipinski definition) is 3. The predicted molar refractivity (Wildman–Crippen MR) is 126 cm³/mol. The second-order valence-corrected chi connectivity index (χ2v) is 8.83. The number of benzene rings is 1. The molecule has 30 heavy (non-hydrogen) atoms. The first kappa shape index (κ1) is 22.5. The van der Waals surface area contributed by atoms with Gasteiger partial charge in [0, 0.05) is 35.4 Å². The number of rotatable bonds is 9. The van der Waals surface area contributed by atoms with Crippen molar-refractivity contribution < 1.29 is 4.79 Å². The zero-order valence-electron chi connectivity index (χ0n) is 19.3. The molecule has 0 amide bonds. The number of carbonyl (C=O) groups excluding carboxylic acids is 1. The minimum Gasteiger partial charge on any atom is -0.331 e. The zero-order chi connectivity index (χ0) is 21.7.